The number of hydrogen-bond acceptors (Lipinski definition) is 3. The first-order valence-corrected chi connectivity index (χ1v) is 7.57. The lowest BCUT2D eigenvalue weighted by atomic mass is 10.2. The number of pyridine rings is 1. The molecule has 1 amide bonds. The maximum Gasteiger partial charge on any atom is 0.328 e. The van der Waals surface area contributed by atoms with Crippen molar-refractivity contribution in [2.45, 2.75) is 26.0 Å². The van der Waals surface area contributed by atoms with E-state index >= 15 is 0 Å². The highest BCUT2D eigenvalue weighted by molar-refractivity contribution is 5.96. The van der Waals surface area contributed by atoms with Gasteiger partial charge in [-0.05, 0) is 18.1 Å². The molecule has 2 rings (SSSR count). The molecule has 0 saturated carbocycles. The summed E-state index contributed by atoms with van der Waals surface area (Å²) in [5.41, 5.74) is 1.42. The van der Waals surface area contributed by atoms with Gasteiger partial charge in [-0.25, -0.2) is 9.36 Å². The molecule has 128 valence electrons. The molecule has 0 aliphatic heterocycles. The van der Waals surface area contributed by atoms with E-state index < -0.39 is 12.0 Å². The first-order chi connectivity index (χ1) is 11.1. The normalized spacial score (nSPS) is 11.1. The van der Waals surface area contributed by atoms with Gasteiger partial charge < -0.3 is 34.0 Å². The van der Waals surface area contributed by atoms with Gasteiger partial charge in [-0.3, -0.25) is 4.79 Å². The van der Waals surface area contributed by atoms with E-state index in [0.717, 1.165) is 5.56 Å². The van der Waals surface area contributed by atoms with Crippen LogP contribution in [-0.2, 0) is 23.2 Å². The maximum absolute atomic E-state index is 12.2. The number of aryl methyl sites for hydroxylation is 1. The highest BCUT2D eigenvalue weighted by Crippen LogP contribution is 2.04. The molecule has 0 aliphatic carbocycles. The van der Waals surface area contributed by atoms with Crippen LogP contribution in [0, 0.1) is 0 Å². The van der Waals surface area contributed by atoms with Crippen molar-refractivity contribution in [1.29, 1.82) is 0 Å². The molecule has 1 aromatic heterocycles. The van der Waals surface area contributed by atoms with Crippen molar-refractivity contribution in [3.05, 3.63) is 66.0 Å². The summed E-state index contributed by atoms with van der Waals surface area (Å²) in [5.74, 6) is -0.713. The van der Waals surface area contributed by atoms with Crippen LogP contribution >= 0.6 is 0 Å². The number of ether oxygens (including phenoxy) is 1. The molecule has 1 unspecified atom stereocenters. The lowest BCUT2D eigenvalue weighted by Gasteiger charge is -2.15. The zero-order valence-electron chi connectivity index (χ0n) is 13.7. The van der Waals surface area contributed by atoms with Gasteiger partial charge in [-0.2, -0.15) is 0 Å². The minimum Gasteiger partial charge on any atom is -1.00 e. The minimum atomic E-state index is -0.656. The summed E-state index contributed by atoms with van der Waals surface area (Å²) >= 11 is 0. The van der Waals surface area contributed by atoms with Crippen LogP contribution in [0.1, 0.15) is 29.3 Å². The number of benzene rings is 1. The van der Waals surface area contributed by atoms with Gasteiger partial charge in [0.25, 0.3) is 5.91 Å². The molecule has 0 spiro atoms. The molecule has 1 heterocycles. The summed E-state index contributed by atoms with van der Waals surface area (Å²) in [7, 11) is 1.84. The van der Waals surface area contributed by atoms with Crippen molar-refractivity contribution in [2.75, 3.05) is 0 Å². The Hall–Kier alpha value is -1.96. The average molecular weight is 440 g/mol. The van der Waals surface area contributed by atoms with Gasteiger partial charge >= 0.3 is 5.97 Å². The first-order valence-electron chi connectivity index (χ1n) is 7.57. The quantitative estimate of drug-likeness (QED) is 0.348. The molecule has 0 fully saturated rings. The van der Waals surface area contributed by atoms with E-state index in [1.165, 1.54) is 0 Å². The van der Waals surface area contributed by atoms with Gasteiger partial charge in [0.2, 0.25) is 0 Å². The van der Waals surface area contributed by atoms with E-state index in [1.807, 2.05) is 50.5 Å². The van der Waals surface area contributed by atoms with Gasteiger partial charge in [0, 0.05) is 6.07 Å². The third kappa shape index (κ3) is 5.92. The molecule has 5 nitrogen and oxygen atoms in total. The number of halogens is 1. The van der Waals surface area contributed by atoms with E-state index in [0.29, 0.717) is 12.0 Å². The molecule has 24 heavy (non-hydrogen) atoms. The standard InChI is InChI=1S/C18H20N2O3.HI/c1-3-16(18(22)23-13-14-8-5-4-6-9-14)19-17(21)15-10-7-11-20(2)12-15;/h4-12,16H,3,13H2,1-2H3;1H. The minimum absolute atomic E-state index is 0. The zero-order valence-corrected chi connectivity index (χ0v) is 15.9. The molecular formula is C18H21IN2O3. The van der Waals surface area contributed by atoms with E-state index in [1.54, 1.807) is 22.9 Å². The van der Waals surface area contributed by atoms with Crippen LogP contribution in [0.2, 0.25) is 0 Å². The van der Waals surface area contributed by atoms with Crippen LogP contribution in [0.5, 0.6) is 0 Å². The molecule has 0 bridgehead atoms. The largest absolute Gasteiger partial charge is 1.00 e. The maximum atomic E-state index is 12.2. The number of nitrogens with one attached hydrogen (secondary N) is 1. The number of carbonyl (C=O) groups excluding carboxylic acids is 2. The van der Waals surface area contributed by atoms with Crippen LogP contribution in [0.4, 0.5) is 0 Å². The Morgan fingerprint density at radius 2 is 1.88 bits per heavy atom. The summed E-state index contributed by atoms with van der Waals surface area (Å²) in [6.45, 7) is 2.03. The van der Waals surface area contributed by atoms with Crippen LogP contribution in [0.15, 0.2) is 54.9 Å². The molecule has 6 heteroatoms. The fraction of sp³-hybridized carbons (Fsp3) is 0.278. The highest BCUT2D eigenvalue weighted by Gasteiger charge is 2.22. The fourth-order valence-electron chi connectivity index (χ4n) is 2.12. The number of hydrogen-bond donors (Lipinski definition) is 1. The van der Waals surface area contributed by atoms with Crippen LogP contribution in [-0.4, -0.2) is 17.9 Å². The molecule has 1 aromatic carbocycles. The Labute approximate surface area is 159 Å². The summed E-state index contributed by atoms with van der Waals surface area (Å²) in [6, 6.07) is 12.3. The molecule has 0 saturated heterocycles. The Morgan fingerprint density at radius 3 is 2.50 bits per heavy atom. The van der Waals surface area contributed by atoms with Crippen molar-refractivity contribution in [1.82, 2.24) is 5.32 Å². The third-order valence-electron chi connectivity index (χ3n) is 3.42. The average Bonchev–Trinajstić information content (AvgIpc) is 2.58. The van der Waals surface area contributed by atoms with Crippen molar-refractivity contribution < 1.29 is 42.9 Å². The van der Waals surface area contributed by atoms with Crippen molar-refractivity contribution in [3.63, 3.8) is 0 Å². The second-order valence-corrected chi connectivity index (χ2v) is 5.29. The predicted octanol–water partition coefficient (Wildman–Crippen LogP) is -1.23. The lowest BCUT2D eigenvalue weighted by molar-refractivity contribution is -0.671. The summed E-state index contributed by atoms with van der Waals surface area (Å²) in [6.07, 6.45) is 4.01. The highest BCUT2D eigenvalue weighted by atomic mass is 127. The molecule has 0 radical (unpaired) electrons. The van der Waals surface area contributed by atoms with Gasteiger partial charge in [0.05, 0.1) is 0 Å². The van der Waals surface area contributed by atoms with Gasteiger partial charge in [0.1, 0.15) is 25.3 Å². The molecular weight excluding hydrogens is 419 g/mol. The van der Waals surface area contributed by atoms with Crippen LogP contribution < -0.4 is 33.9 Å². The zero-order chi connectivity index (χ0) is 16.7. The number of amides is 1. The number of esters is 1. The topological polar surface area (TPSA) is 59.3 Å². The lowest BCUT2D eigenvalue weighted by Crippen LogP contribution is -3.00. The number of carbonyl (C=O) groups is 2. The monoisotopic (exact) mass is 440 g/mol. The van der Waals surface area contributed by atoms with Crippen LogP contribution in [0.25, 0.3) is 0 Å². The molecule has 2 aromatic rings. The summed E-state index contributed by atoms with van der Waals surface area (Å²) in [4.78, 5) is 24.4. The van der Waals surface area contributed by atoms with E-state index in [2.05, 4.69) is 5.32 Å². The Kier molecular flexibility index (Phi) is 8.39. The first kappa shape index (κ1) is 20.1. The number of aromatic nitrogens is 1. The third-order valence-corrected chi connectivity index (χ3v) is 3.42. The molecule has 1 N–H and O–H groups in total. The van der Waals surface area contributed by atoms with E-state index in [-0.39, 0.29) is 36.5 Å². The van der Waals surface area contributed by atoms with E-state index in [4.69, 9.17) is 4.74 Å². The second kappa shape index (κ2) is 10.0. The van der Waals surface area contributed by atoms with Crippen LogP contribution in [0.3, 0.4) is 0 Å². The smallest absolute Gasteiger partial charge is 0.328 e. The second-order valence-electron chi connectivity index (χ2n) is 5.29. The van der Waals surface area contributed by atoms with Crippen molar-refractivity contribution in [3.8, 4) is 0 Å². The summed E-state index contributed by atoms with van der Waals surface area (Å²) < 4.78 is 7.06. The Morgan fingerprint density at radius 1 is 1.17 bits per heavy atom. The number of rotatable bonds is 6. The Bertz CT molecular complexity index is 677. The van der Waals surface area contributed by atoms with Gasteiger partial charge in [-0.15, -0.1) is 0 Å². The van der Waals surface area contributed by atoms with Gasteiger partial charge in [-0.1, -0.05) is 37.3 Å². The Balaban J connectivity index is 0.00000288. The van der Waals surface area contributed by atoms with Crippen molar-refractivity contribution in [2.24, 2.45) is 7.05 Å². The molecule has 1 atom stereocenters. The fourth-order valence-corrected chi connectivity index (χ4v) is 2.12. The molecule has 0 aliphatic rings. The van der Waals surface area contributed by atoms with Gasteiger partial charge in [0.15, 0.2) is 12.4 Å². The predicted molar refractivity (Wildman–Crippen MR) is 85.4 cm³/mol. The summed E-state index contributed by atoms with van der Waals surface area (Å²) in [5, 5.41) is 2.72. The number of nitrogens with zero attached hydrogens (tertiary/aromatic N) is 1. The van der Waals surface area contributed by atoms with Crippen molar-refractivity contribution >= 4 is 11.9 Å². The van der Waals surface area contributed by atoms with E-state index in [9.17, 15) is 9.59 Å². The SMILES string of the molecule is CCC(NC(=O)c1ccc[n+](C)c1)C(=O)OCc1ccccc1.[I-].